The van der Waals surface area contributed by atoms with Crippen LogP contribution in [-0.2, 0) is 5.41 Å². The third-order valence-corrected chi connectivity index (χ3v) is 4.02. The molecule has 2 aromatic carbocycles. The van der Waals surface area contributed by atoms with Crippen LogP contribution in [-0.4, -0.2) is 13.7 Å². The highest BCUT2D eigenvalue weighted by atomic mass is 19.1. The van der Waals surface area contributed by atoms with Crippen molar-refractivity contribution in [3.63, 3.8) is 0 Å². The van der Waals surface area contributed by atoms with Crippen molar-refractivity contribution in [2.24, 2.45) is 0 Å². The summed E-state index contributed by atoms with van der Waals surface area (Å²) in [7, 11) is 1.47. The monoisotopic (exact) mass is 271 g/mol. The van der Waals surface area contributed by atoms with Gasteiger partial charge < -0.3 is 10.1 Å². The molecule has 3 heteroatoms. The zero-order valence-corrected chi connectivity index (χ0v) is 11.5. The zero-order valence-electron chi connectivity index (χ0n) is 11.5. The molecule has 20 heavy (non-hydrogen) atoms. The summed E-state index contributed by atoms with van der Waals surface area (Å²) in [5.74, 6) is -0.0539. The third kappa shape index (κ3) is 2.48. The van der Waals surface area contributed by atoms with Gasteiger partial charge in [-0.25, -0.2) is 4.39 Å². The Balaban J connectivity index is 1.69. The van der Waals surface area contributed by atoms with Crippen LogP contribution in [0.15, 0.2) is 48.5 Å². The zero-order chi connectivity index (χ0) is 14.0. The number of rotatable bonds is 5. The molecule has 104 valence electrons. The summed E-state index contributed by atoms with van der Waals surface area (Å²) in [6.07, 6.45) is 2.37. The van der Waals surface area contributed by atoms with Gasteiger partial charge in [0.1, 0.15) is 0 Å². The van der Waals surface area contributed by atoms with Gasteiger partial charge >= 0.3 is 0 Å². The fraction of sp³-hybridized carbons (Fsp3) is 0.294. The van der Waals surface area contributed by atoms with Crippen molar-refractivity contribution in [3.05, 3.63) is 59.9 Å². The minimum absolute atomic E-state index is 0.220. The van der Waals surface area contributed by atoms with Gasteiger partial charge in [-0.05, 0) is 30.5 Å². The minimum Gasteiger partial charge on any atom is -0.494 e. The number of nitrogens with one attached hydrogen (secondary N) is 1. The molecule has 0 radical (unpaired) electrons. The number of methoxy groups -OCH3 is 1. The van der Waals surface area contributed by atoms with Crippen LogP contribution in [0.2, 0.25) is 0 Å². The van der Waals surface area contributed by atoms with E-state index in [0.29, 0.717) is 0 Å². The lowest BCUT2D eigenvalue weighted by Gasteiger charge is -2.17. The van der Waals surface area contributed by atoms with Crippen molar-refractivity contribution in [3.8, 4) is 5.75 Å². The van der Waals surface area contributed by atoms with Crippen LogP contribution in [0.25, 0.3) is 0 Å². The van der Waals surface area contributed by atoms with Crippen molar-refractivity contribution in [1.29, 1.82) is 0 Å². The van der Waals surface area contributed by atoms with Crippen molar-refractivity contribution in [2.75, 3.05) is 19.0 Å². The van der Waals surface area contributed by atoms with Crippen molar-refractivity contribution in [1.82, 2.24) is 0 Å². The number of benzene rings is 2. The van der Waals surface area contributed by atoms with Gasteiger partial charge in [0.15, 0.2) is 11.6 Å². The fourth-order valence-electron chi connectivity index (χ4n) is 2.56. The molecule has 0 unspecified atom stereocenters. The maximum atomic E-state index is 13.6. The smallest absolute Gasteiger partial charge is 0.167 e. The molecule has 2 aromatic rings. The minimum atomic E-state index is -0.331. The van der Waals surface area contributed by atoms with Gasteiger partial charge in [-0.1, -0.05) is 30.3 Å². The van der Waals surface area contributed by atoms with E-state index in [1.54, 1.807) is 6.07 Å². The first kappa shape index (κ1) is 13.0. The summed E-state index contributed by atoms with van der Waals surface area (Å²) in [5, 5.41) is 3.34. The summed E-state index contributed by atoms with van der Waals surface area (Å²) in [4.78, 5) is 0. The summed E-state index contributed by atoms with van der Waals surface area (Å²) >= 11 is 0. The average Bonchev–Trinajstić information content (AvgIpc) is 3.27. The standard InChI is InChI=1S/C17H18FNO/c1-20-16-8-7-14(11-15(16)18)19-12-17(9-10-17)13-5-3-2-4-6-13/h2-8,11,19H,9-10,12H2,1H3. The molecule has 3 rings (SSSR count). The highest BCUT2D eigenvalue weighted by Gasteiger charge is 2.43. The second-order valence-corrected chi connectivity index (χ2v) is 5.35. The van der Waals surface area contributed by atoms with Crippen LogP contribution in [0, 0.1) is 5.82 Å². The Morgan fingerprint density at radius 1 is 1.15 bits per heavy atom. The quantitative estimate of drug-likeness (QED) is 0.888. The predicted molar refractivity (Wildman–Crippen MR) is 78.8 cm³/mol. The van der Waals surface area contributed by atoms with E-state index in [1.165, 1.54) is 31.6 Å². The lowest BCUT2D eigenvalue weighted by molar-refractivity contribution is 0.386. The van der Waals surface area contributed by atoms with E-state index in [9.17, 15) is 4.39 Å². The normalized spacial score (nSPS) is 15.7. The highest BCUT2D eigenvalue weighted by molar-refractivity contribution is 5.48. The van der Waals surface area contributed by atoms with Crippen molar-refractivity contribution >= 4 is 5.69 Å². The van der Waals surface area contributed by atoms with Gasteiger partial charge in [-0.2, -0.15) is 0 Å². The summed E-state index contributed by atoms with van der Waals surface area (Å²) in [5.41, 5.74) is 2.38. The molecule has 0 atom stereocenters. The Hall–Kier alpha value is -2.03. The molecule has 2 nitrogen and oxygen atoms in total. The molecule has 0 saturated heterocycles. The second-order valence-electron chi connectivity index (χ2n) is 5.35. The van der Waals surface area contributed by atoms with Gasteiger partial charge in [0.05, 0.1) is 7.11 Å². The van der Waals surface area contributed by atoms with Crippen LogP contribution in [0.1, 0.15) is 18.4 Å². The number of hydrogen-bond donors (Lipinski definition) is 1. The molecule has 0 aliphatic heterocycles. The van der Waals surface area contributed by atoms with Gasteiger partial charge in [-0.15, -0.1) is 0 Å². The molecular weight excluding hydrogens is 253 g/mol. The summed E-state index contributed by atoms with van der Waals surface area (Å²) in [6.45, 7) is 0.836. The van der Waals surface area contributed by atoms with Gasteiger partial charge in [0.2, 0.25) is 0 Å². The Morgan fingerprint density at radius 2 is 1.90 bits per heavy atom. The van der Waals surface area contributed by atoms with E-state index in [2.05, 4.69) is 29.6 Å². The number of hydrogen-bond acceptors (Lipinski definition) is 2. The Kier molecular flexibility index (Phi) is 3.35. The van der Waals surface area contributed by atoms with Crippen LogP contribution in [0.4, 0.5) is 10.1 Å². The fourth-order valence-corrected chi connectivity index (χ4v) is 2.56. The lowest BCUT2D eigenvalue weighted by Crippen LogP contribution is -2.19. The summed E-state index contributed by atoms with van der Waals surface area (Å²) in [6, 6.07) is 15.5. The van der Waals surface area contributed by atoms with Crippen molar-refractivity contribution < 1.29 is 9.13 Å². The number of halogens is 1. The van der Waals surface area contributed by atoms with E-state index < -0.39 is 0 Å². The van der Waals surface area contributed by atoms with E-state index in [0.717, 1.165) is 12.2 Å². The number of ether oxygens (including phenoxy) is 1. The van der Waals surface area contributed by atoms with Crippen LogP contribution >= 0.6 is 0 Å². The number of anilines is 1. The first-order valence-corrected chi connectivity index (χ1v) is 6.86. The Labute approximate surface area is 118 Å². The molecule has 1 saturated carbocycles. The summed E-state index contributed by atoms with van der Waals surface area (Å²) < 4.78 is 18.6. The molecule has 0 spiro atoms. The third-order valence-electron chi connectivity index (χ3n) is 4.02. The Morgan fingerprint density at radius 3 is 2.50 bits per heavy atom. The highest BCUT2D eigenvalue weighted by Crippen LogP contribution is 2.48. The molecule has 0 bridgehead atoms. The van der Waals surface area contributed by atoms with Gasteiger partial charge in [0.25, 0.3) is 0 Å². The maximum Gasteiger partial charge on any atom is 0.167 e. The molecule has 0 amide bonds. The van der Waals surface area contributed by atoms with Crippen LogP contribution < -0.4 is 10.1 Å². The largest absolute Gasteiger partial charge is 0.494 e. The second kappa shape index (κ2) is 5.16. The molecule has 0 aromatic heterocycles. The van der Waals surface area contributed by atoms with E-state index in [1.807, 2.05) is 12.1 Å². The molecule has 1 aliphatic carbocycles. The first-order chi connectivity index (χ1) is 9.73. The van der Waals surface area contributed by atoms with Crippen LogP contribution in [0.3, 0.4) is 0 Å². The molecular formula is C17H18FNO. The van der Waals surface area contributed by atoms with Crippen LogP contribution in [0.5, 0.6) is 5.75 Å². The van der Waals surface area contributed by atoms with Crippen molar-refractivity contribution in [2.45, 2.75) is 18.3 Å². The van der Waals surface area contributed by atoms with Gasteiger partial charge in [0, 0.05) is 23.7 Å². The molecule has 0 heterocycles. The molecule has 1 aliphatic rings. The maximum absolute atomic E-state index is 13.6. The first-order valence-electron chi connectivity index (χ1n) is 6.86. The lowest BCUT2D eigenvalue weighted by atomic mass is 9.96. The van der Waals surface area contributed by atoms with Gasteiger partial charge in [-0.3, -0.25) is 0 Å². The molecule has 1 N–H and O–H groups in total. The van der Waals surface area contributed by atoms with E-state index in [-0.39, 0.29) is 17.0 Å². The average molecular weight is 271 g/mol. The van der Waals surface area contributed by atoms with E-state index in [4.69, 9.17) is 4.74 Å². The van der Waals surface area contributed by atoms with E-state index >= 15 is 0 Å². The Bertz CT molecular complexity index is 593. The molecule has 1 fully saturated rings. The predicted octanol–water partition coefficient (Wildman–Crippen LogP) is 3.98. The SMILES string of the molecule is COc1ccc(NCC2(c3ccccc3)CC2)cc1F. The topological polar surface area (TPSA) is 21.3 Å².